The van der Waals surface area contributed by atoms with Crippen molar-refractivity contribution < 1.29 is 22.5 Å². The largest absolute Gasteiger partial charge is 0.318 e. The van der Waals surface area contributed by atoms with Crippen LogP contribution in [0.4, 0.5) is 18.9 Å². The lowest BCUT2D eigenvalue weighted by atomic mass is 10.2. The average molecular weight is 309 g/mol. The minimum Gasteiger partial charge on any atom is -0.318 e. The van der Waals surface area contributed by atoms with Crippen LogP contribution in [0.1, 0.15) is 24.2 Å². The fourth-order valence-corrected chi connectivity index (χ4v) is 2.12. The Morgan fingerprint density at radius 2 is 1.82 bits per heavy atom. The third kappa shape index (κ3) is 2.95. The van der Waals surface area contributed by atoms with Crippen molar-refractivity contribution >= 4 is 11.6 Å². The summed E-state index contributed by atoms with van der Waals surface area (Å²) in [6, 6.07) is 4.83. The summed E-state index contributed by atoms with van der Waals surface area (Å²) in [5, 5.41) is 2.28. The Morgan fingerprint density at radius 3 is 2.50 bits per heavy atom. The summed E-state index contributed by atoms with van der Waals surface area (Å²) in [7, 11) is 0. The summed E-state index contributed by atoms with van der Waals surface area (Å²) >= 11 is 0. The molecule has 6 heteroatoms. The van der Waals surface area contributed by atoms with E-state index in [0.29, 0.717) is 0 Å². The van der Waals surface area contributed by atoms with Crippen LogP contribution in [0.5, 0.6) is 0 Å². The van der Waals surface area contributed by atoms with E-state index in [2.05, 4.69) is 5.32 Å². The van der Waals surface area contributed by atoms with Gasteiger partial charge in [0.05, 0.1) is 5.69 Å². The molecule has 116 valence electrons. The molecule has 0 aliphatic heterocycles. The molecule has 0 spiro atoms. The number of hydrogen-bond acceptors (Lipinski definition) is 1. The van der Waals surface area contributed by atoms with Gasteiger partial charge in [-0.3, -0.25) is 4.79 Å². The van der Waals surface area contributed by atoms with Gasteiger partial charge in [-0.1, -0.05) is 0 Å². The van der Waals surface area contributed by atoms with Crippen LogP contribution in [-0.2, 0) is 4.79 Å². The van der Waals surface area contributed by atoms with Gasteiger partial charge in [0.1, 0.15) is 0 Å². The number of nitrogens with one attached hydrogen (secondary N) is 1. The fourth-order valence-electron chi connectivity index (χ4n) is 2.12. The van der Waals surface area contributed by atoms with Crippen molar-refractivity contribution in [1.29, 1.82) is 0 Å². The van der Waals surface area contributed by atoms with Crippen molar-refractivity contribution in [3.63, 3.8) is 0 Å². The molecule has 22 heavy (non-hydrogen) atoms. The van der Waals surface area contributed by atoms with Gasteiger partial charge in [-0.25, -0.2) is 13.2 Å². The predicted molar refractivity (Wildman–Crippen MR) is 75.8 cm³/mol. The van der Waals surface area contributed by atoms with Crippen LogP contribution < -0.4 is 9.88 Å². The van der Waals surface area contributed by atoms with Crippen LogP contribution in [0.2, 0.25) is 0 Å². The molecule has 2 rings (SSSR count). The van der Waals surface area contributed by atoms with Crippen molar-refractivity contribution in [2.75, 3.05) is 5.32 Å². The number of hydrogen-bond donors (Lipinski definition) is 1. The number of nitrogens with zero attached hydrogens (tertiary/aromatic N) is 1. The highest BCUT2D eigenvalue weighted by atomic mass is 19.2. The molecule has 1 heterocycles. The highest BCUT2D eigenvalue weighted by molar-refractivity contribution is 5.92. The summed E-state index contributed by atoms with van der Waals surface area (Å²) in [5.74, 6) is -4.84. The second-order valence-electron chi connectivity index (χ2n) is 5.07. The van der Waals surface area contributed by atoms with E-state index in [1.54, 1.807) is 23.8 Å². The molecule has 0 saturated carbocycles. The quantitative estimate of drug-likeness (QED) is 0.685. The van der Waals surface area contributed by atoms with Gasteiger partial charge in [0.15, 0.2) is 29.3 Å². The minimum atomic E-state index is -1.61. The first-order valence-corrected chi connectivity index (χ1v) is 6.74. The molecule has 0 fully saturated rings. The average Bonchev–Trinajstić information content (AvgIpc) is 2.50. The van der Waals surface area contributed by atoms with Crippen molar-refractivity contribution in [1.82, 2.24) is 0 Å². The number of halogens is 3. The number of pyridine rings is 1. The zero-order valence-corrected chi connectivity index (χ0v) is 12.5. The molecule has 1 aromatic heterocycles. The van der Waals surface area contributed by atoms with E-state index in [4.69, 9.17) is 0 Å². The van der Waals surface area contributed by atoms with E-state index in [-0.39, 0.29) is 5.69 Å². The van der Waals surface area contributed by atoms with E-state index in [9.17, 15) is 18.0 Å². The summed E-state index contributed by atoms with van der Waals surface area (Å²) in [6.07, 6.45) is 1.73. The van der Waals surface area contributed by atoms with E-state index in [1.165, 1.54) is 0 Å². The smallest absolute Gasteiger partial charge is 0.293 e. The first-order chi connectivity index (χ1) is 10.3. The Balaban J connectivity index is 2.26. The first-order valence-electron chi connectivity index (χ1n) is 6.74. The molecule has 0 aliphatic carbocycles. The number of anilines is 1. The number of rotatable bonds is 3. The van der Waals surface area contributed by atoms with Crippen molar-refractivity contribution in [2.24, 2.45) is 0 Å². The van der Waals surface area contributed by atoms with Gasteiger partial charge >= 0.3 is 0 Å². The molecule has 1 atom stereocenters. The van der Waals surface area contributed by atoms with Crippen LogP contribution in [0.25, 0.3) is 0 Å². The Labute approximate surface area is 126 Å². The van der Waals surface area contributed by atoms with Gasteiger partial charge in [0, 0.05) is 25.5 Å². The zero-order chi connectivity index (χ0) is 16.4. The molecule has 1 amide bonds. The summed E-state index contributed by atoms with van der Waals surface area (Å²) in [6.45, 7) is 5.41. The van der Waals surface area contributed by atoms with Crippen LogP contribution in [-0.4, -0.2) is 5.91 Å². The van der Waals surface area contributed by atoms with Gasteiger partial charge in [0.2, 0.25) is 6.04 Å². The number of aryl methyl sites for hydroxylation is 1. The fraction of sp³-hybridized carbons (Fsp3) is 0.250. The lowest BCUT2D eigenvalue weighted by Gasteiger charge is -2.12. The summed E-state index contributed by atoms with van der Waals surface area (Å²) in [4.78, 5) is 12.2. The topological polar surface area (TPSA) is 33.0 Å². The zero-order valence-electron chi connectivity index (χ0n) is 12.5. The van der Waals surface area contributed by atoms with Crippen LogP contribution in [0.3, 0.4) is 0 Å². The van der Waals surface area contributed by atoms with E-state index in [0.717, 1.165) is 23.4 Å². The molecule has 3 nitrogen and oxygen atoms in total. The highest BCUT2D eigenvalue weighted by Gasteiger charge is 2.26. The highest BCUT2D eigenvalue weighted by Crippen LogP contribution is 2.20. The molecule has 0 unspecified atom stereocenters. The Morgan fingerprint density at radius 1 is 1.14 bits per heavy atom. The third-order valence-corrected chi connectivity index (χ3v) is 3.64. The van der Waals surface area contributed by atoms with Gasteiger partial charge < -0.3 is 5.32 Å². The predicted octanol–water partition coefficient (Wildman–Crippen LogP) is 3.21. The van der Waals surface area contributed by atoms with Crippen LogP contribution in [0.15, 0.2) is 30.5 Å². The summed E-state index contributed by atoms with van der Waals surface area (Å²) in [5.41, 5.74) is 1.50. The lowest BCUT2D eigenvalue weighted by molar-refractivity contribution is -0.711. The van der Waals surface area contributed by atoms with Gasteiger partial charge in [-0.05, 0) is 25.1 Å². The molecule has 0 aliphatic rings. The molecule has 0 radical (unpaired) electrons. The molecular weight excluding hydrogens is 293 g/mol. The van der Waals surface area contributed by atoms with Gasteiger partial charge in [-0.2, -0.15) is 4.57 Å². The van der Waals surface area contributed by atoms with E-state index in [1.807, 2.05) is 19.9 Å². The van der Waals surface area contributed by atoms with E-state index < -0.39 is 29.4 Å². The molecular formula is C16H16F3N2O+. The maximum Gasteiger partial charge on any atom is 0.293 e. The normalized spacial score (nSPS) is 12.1. The Hall–Kier alpha value is -2.37. The van der Waals surface area contributed by atoms with Crippen LogP contribution >= 0.6 is 0 Å². The number of carbonyl (C=O) groups is 1. The SMILES string of the molecule is Cc1ccc[n+]([C@@H](C)C(=O)Nc2ccc(F)c(F)c2F)c1C. The third-order valence-electron chi connectivity index (χ3n) is 3.64. The Kier molecular flexibility index (Phi) is 4.49. The van der Waals surface area contributed by atoms with Crippen LogP contribution in [0, 0.1) is 31.3 Å². The lowest BCUT2D eigenvalue weighted by Crippen LogP contribution is -2.47. The number of aromatic nitrogens is 1. The molecule has 0 saturated heterocycles. The molecule has 1 N–H and O–H groups in total. The van der Waals surface area contributed by atoms with Gasteiger partial charge in [-0.15, -0.1) is 0 Å². The number of amides is 1. The van der Waals surface area contributed by atoms with E-state index >= 15 is 0 Å². The number of carbonyl (C=O) groups excluding carboxylic acids is 1. The monoisotopic (exact) mass is 309 g/mol. The van der Waals surface area contributed by atoms with Crippen molar-refractivity contribution in [3.05, 3.63) is 59.2 Å². The Bertz CT molecular complexity index is 732. The van der Waals surface area contributed by atoms with Gasteiger partial charge in [0.25, 0.3) is 5.91 Å². The molecule has 1 aromatic carbocycles. The van der Waals surface area contributed by atoms with Crippen molar-refractivity contribution in [2.45, 2.75) is 26.8 Å². The summed E-state index contributed by atoms with van der Waals surface area (Å²) < 4.78 is 41.4. The second kappa shape index (κ2) is 6.17. The minimum absolute atomic E-state index is 0.387. The second-order valence-corrected chi connectivity index (χ2v) is 5.07. The van der Waals surface area contributed by atoms with Crippen molar-refractivity contribution in [3.8, 4) is 0 Å². The maximum atomic E-state index is 13.6. The standard InChI is InChI=1S/C16H15F3N2O/c1-9-5-4-8-21(10(9)2)11(3)16(22)20-13-7-6-12(17)14(18)15(13)19/h4-8,11H,1-3H3/p+1/t11-/m0/s1. The number of benzene rings is 1. The first kappa shape index (κ1) is 16.0. The maximum absolute atomic E-state index is 13.6. The molecule has 2 aromatic rings. The molecule has 0 bridgehead atoms.